The fraction of sp³-hybridized carbons (Fsp3) is 1.00. The summed E-state index contributed by atoms with van der Waals surface area (Å²) in [7, 11) is 1.70. The first kappa shape index (κ1) is 12.9. The monoisotopic (exact) mass is 215 g/mol. The Bertz CT molecular complexity index is 163. The van der Waals surface area contributed by atoms with Crippen molar-refractivity contribution >= 4 is 0 Å². The molecule has 1 aliphatic carbocycles. The molecule has 2 N–H and O–H groups in total. The van der Waals surface area contributed by atoms with Crippen LogP contribution in [0.3, 0.4) is 0 Å². The van der Waals surface area contributed by atoms with E-state index in [9.17, 15) is 5.11 Å². The van der Waals surface area contributed by atoms with Crippen LogP contribution in [0.1, 0.15) is 45.4 Å². The number of hydrogen-bond donors (Lipinski definition) is 2. The molecule has 1 unspecified atom stereocenters. The van der Waals surface area contributed by atoms with Gasteiger partial charge in [0.25, 0.3) is 0 Å². The predicted octanol–water partition coefficient (Wildman–Crippen LogP) is 1.70. The quantitative estimate of drug-likeness (QED) is 0.708. The number of ether oxygens (including phenoxy) is 1. The Labute approximate surface area is 93.2 Å². The smallest absolute Gasteiger partial charge is 0.0667 e. The average Bonchev–Trinajstić information content (AvgIpc) is 2.30. The zero-order valence-electron chi connectivity index (χ0n) is 10.1. The third-order valence-electron chi connectivity index (χ3n) is 3.52. The molecule has 0 aromatic carbocycles. The van der Waals surface area contributed by atoms with E-state index in [1.165, 1.54) is 32.1 Å². The SMILES string of the molecule is CCC(CO)(COC)NC1CCCCC1. The van der Waals surface area contributed by atoms with Crippen LogP contribution in [0.4, 0.5) is 0 Å². The summed E-state index contributed by atoms with van der Waals surface area (Å²) in [5.41, 5.74) is -0.225. The number of nitrogens with one attached hydrogen (secondary N) is 1. The van der Waals surface area contributed by atoms with E-state index in [-0.39, 0.29) is 12.1 Å². The molecule has 3 nitrogen and oxygen atoms in total. The summed E-state index contributed by atoms with van der Waals surface area (Å²) in [4.78, 5) is 0. The molecule has 0 aromatic heterocycles. The molecule has 0 amide bonds. The van der Waals surface area contributed by atoms with Crippen molar-refractivity contribution < 1.29 is 9.84 Å². The lowest BCUT2D eigenvalue weighted by atomic mass is 9.90. The second-order valence-electron chi connectivity index (χ2n) is 4.70. The molecule has 0 aromatic rings. The Morgan fingerprint density at radius 1 is 1.33 bits per heavy atom. The molecule has 0 radical (unpaired) electrons. The van der Waals surface area contributed by atoms with E-state index in [1.807, 2.05) is 0 Å². The minimum atomic E-state index is -0.225. The van der Waals surface area contributed by atoms with Crippen molar-refractivity contribution in [1.82, 2.24) is 5.32 Å². The van der Waals surface area contributed by atoms with Crippen molar-refractivity contribution in [2.45, 2.75) is 57.0 Å². The molecule has 0 saturated heterocycles. The molecular formula is C12H25NO2. The first-order chi connectivity index (χ1) is 7.26. The highest BCUT2D eigenvalue weighted by molar-refractivity contribution is 4.90. The van der Waals surface area contributed by atoms with Crippen LogP contribution in [0.5, 0.6) is 0 Å². The molecular weight excluding hydrogens is 190 g/mol. The third-order valence-corrected chi connectivity index (χ3v) is 3.52. The van der Waals surface area contributed by atoms with E-state index in [0.29, 0.717) is 12.6 Å². The van der Waals surface area contributed by atoms with Gasteiger partial charge in [0.15, 0.2) is 0 Å². The lowest BCUT2D eigenvalue weighted by Gasteiger charge is -2.37. The maximum Gasteiger partial charge on any atom is 0.0667 e. The van der Waals surface area contributed by atoms with Crippen LogP contribution in [-0.4, -0.2) is 37.0 Å². The zero-order chi connectivity index (χ0) is 11.1. The Morgan fingerprint density at radius 3 is 2.47 bits per heavy atom. The van der Waals surface area contributed by atoms with Crippen LogP contribution in [-0.2, 0) is 4.74 Å². The van der Waals surface area contributed by atoms with Gasteiger partial charge in [0, 0.05) is 13.2 Å². The van der Waals surface area contributed by atoms with Gasteiger partial charge < -0.3 is 15.2 Å². The highest BCUT2D eigenvalue weighted by Crippen LogP contribution is 2.21. The van der Waals surface area contributed by atoms with Gasteiger partial charge in [-0.1, -0.05) is 26.2 Å². The van der Waals surface area contributed by atoms with E-state index in [1.54, 1.807) is 7.11 Å². The summed E-state index contributed by atoms with van der Waals surface area (Å²) < 4.78 is 5.21. The van der Waals surface area contributed by atoms with E-state index < -0.39 is 0 Å². The number of aliphatic hydroxyl groups is 1. The Balaban J connectivity index is 2.47. The highest BCUT2D eigenvalue weighted by atomic mass is 16.5. The van der Waals surface area contributed by atoms with E-state index in [0.717, 1.165) is 6.42 Å². The first-order valence-corrected chi connectivity index (χ1v) is 6.14. The van der Waals surface area contributed by atoms with Gasteiger partial charge in [-0.3, -0.25) is 0 Å². The number of rotatable bonds is 6. The molecule has 0 aliphatic heterocycles. The molecule has 90 valence electrons. The van der Waals surface area contributed by atoms with Crippen LogP contribution in [0.2, 0.25) is 0 Å². The topological polar surface area (TPSA) is 41.5 Å². The number of aliphatic hydroxyl groups excluding tert-OH is 1. The van der Waals surface area contributed by atoms with Gasteiger partial charge in [0.05, 0.1) is 18.8 Å². The average molecular weight is 215 g/mol. The molecule has 3 heteroatoms. The van der Waals surface area contributed by atoms with Gasteiger partial charge >= 0.3 is 0 Å². The Kier molecular flexibility index (Phi) is 5.58. The predicted molar refractivity (Wildman–Crippen MR) is 62.0 cm³/mol. The van der Waals surface area contributed by atoms with Gasteiger partial charge in [-0.15, -0.1) is 0 Å². The molecule has 1 saturated carbocycles. The van der Waals surface area contributed by atoms with Crippen LogP contribution in [0.15, 0.2) is 0 Å². The maximum atomic E-state index is 9.50. The van der Waals surface area contributed by atoms with Gasteiger partial charge in [-0.25, -0.2) is 0 Å². The van der Waals surface area contributed by atoms with Crippen molar-refractivity contribution in [2.75, 3.05) is 20.3 Å². The molecule has 1 fully saturated rings. The summed E-state index contributed by atoms with van der Waals surface area (Å²) in [6.07, 6.45) is 7.39. The molecule has 0 heterocycles. The van der Waals surface area contributed by atoms with Gasteiger partial charge in [0.1, 0.15) is 0 Å². The van der Waals surface area contributed by atoms with Crippen LogP contribution >= 0.6 is 0 Å². The lowest BCUT2D eigenvalue weighted by Crippen LogP contribution is -2.56. The van der Waals surface area contributed by atoms with Crippen LogP contribution in [0.25, 0.3) is 0 Å². The largest absolute Gasteiger partial charge is 0.394 e. The fourth-order valence-electron chi connectivity index (χ4n) is 2.41. The summed E-state index contributed by atoms with van der Waals surface area (Å²) in [6.45, 7) is 2.86. The second kappa shape index (κ2) is 6.46. The van der Waals surface area contributed by atoms with Crippen LogP contribution < -0.4 is 5.32 Å². The molecule has 1 rings (SSSR count). The van der Waals surface area contributed by atoms with E-state index >= 15 is 0 Å². The lowest BCUT2D eigenvalue weighted by molar-refractivity contribution is 0.0477. The van der Waals surface area contributed by atoms with Gasteiger partial charge in [0.2, 0.25) is 0 Å². The van der Waals surface area contributed by atoms with E-state index in [4.69, 9.17) is 4.74 Å². The molecule has 0 bridgehead atoms. The van der Waals surface area contributed by atoms with Crippen molar-refractivity contribution in [2.24, 2.45) is 0 Å². The Morgan fingerprint density at radius 2 is 2.00 bits per heavy atom. The summed E-state index contributed by atoms with van der Waals surface area (Å²) in [6, 6.07) is 0.570. The standard InChI is InChI=1S/C12H25NO2/c1-3-12(9-14,10-15-2)13-11-7-5-4-6-8-11/h11,13-14H,3-10H2,1-2H3. The highest BCUT2D eigenvalue weighted by Gasteiger charge is 2.30. The van der Waals surface area contributed by atoms with Crippen molar-refractivity contribution in [3.63, 3.8) is 0 Å². The minimum Gasteiger partial charge on any atom is -0.394 e. The zero-order valence-corrected chi connectivity index (χ0v) is 10.1. The summed E-state index contributed by atoms with van der Waals surface area (Å²) in [5, 5.41) is 13.1. The molecule has 15 heavy (non-hydrogen) atoms. The van der Waals surface area contributed by atoms with Crippen LogP contribution in [0, 0.1) is 0 Å². The number of hydrogen-bond acceptors (Lipinski definition) is 3. The normalized spacial score (nSPS) is 22.6. The van der Waals surface area contributed by atoms with E-state index in [2.05, 4.69) is 12.2 Å². The first-order valence-electron chi connectivity index (χ1n) is 6.14. The molecule has 0 spiro atoms. The van der Waals surface area contributed by atoms with Crippen molar-refractivity contribution in [3.8, 4) is 0 Å². The number of methoxy groups -OCH3 is 1. The van der Waals surface area contributed by atoms with Gasteiger partial charge in [-0.2, -0.15) is 0 Å². The fourth-order valence-corrected chi connectivity index (χ4v) is 2.41. The summed E-state index contributed by atoms with van der Waals surface area (Å²) >= 11 is 0. The van der Waals surface area contributed by atoms with Gasteiger partial charge in [-0.05, 0) is 19.3 Å². The summed E-state index contributed by atoms with van der Waals surface area (Å²) in [5.74, 6) is 0. The minimum absolute atomic E-state index is 0.161. The third kappa shape index (κ3) is 3.74. The molecule has 1 aliphatic rings. The van der Waals surface area contributed by atoms with Crippen molar-refractivity contribution in [1.29, 1.82) is 0 Å². The Hall–Kier alpha value is -0.120. The molecule has 1 atom stereocenters. The second-order valence-corrected chi connectivity index (χ2v) is 4.70. The maximum absolute atomic E-state index is 9.50. The van der Waals surface area contributed by atoms with Crippen molar-refractivity contribution in [3.05, 3.63) is 0 Å².